The highest BCUT2D eigenvalue weighted by molar-refractivity contribution is 6.39. The van der Waals surface area contributed by atoms with Crippen molar-refractivity contribution in [3.05, 3.63) is 33.8 Å². The van der Waals surface area contributed by atoms with Crippen molar-refractivity contribution in [1.82, 2.24) is 4.90 Å². The molecular weight excluding hydrogens is 273 g/mol. The van der Waals surface area contributed by atoms with E-state index >= 15 is 0 Å². The number of amides is 1. The molecule has 1 saturated heterocycles. The van der Waals surface area contributed by atoms with Gasteiger partial charge in [-0.1, -0.05) is 29.3 Å². The summed E-state index contributed by atoms with van der Waals surface area (Å²) in [7, 11) is 0. The van der Waals surface area contributed by atoms with Crippen LogP contribution in [0.25, 0.3) is 0 Å². The van der Waals surface area contributed by atoms with Gasteiger partial charge < -0.3 is 9.64 Å². The minimum atomic E-state index is -0.132. The molecular formula is C13H15Cl2NO2. The van der Waals surface area contributed by atoms with Gasteiger partial charge in [-0.3, -0.25) is 4.79 Å². The third-order valence-electron chi connectivity index (χ3n) is 2.88. The highest BCUT2D eigenvalue weighted by atomic mass is 35.5. The van der Waals surface area contributed by atoms with Gasteiger partial charge >= 0.3 is 0 Å². The van der Waals surface area contributed by atoms with Crippen molar-refractivity contribution in [2.24, 2.45) is 0 Å². The highest BCUT2D eigenvalue weighted by Gasteiger charge is 2.28. The maximum atomic E-state index is 12.4. The molecule has 0 aromatic heterocycles. The minimum absolute atomic E-state index is 0.0268. The average molecular weight is 288 g/mol. The monoisotopic (exact) mass is 287 g/mol. The Labute approximate surface area is 117 Å². The Morgan fingerprint density at radius 1 is 1.22 bits per heavy atom. The Kier molecular flexibility index (Phi) is 4.15. The largest absolute Gasteiger partial charge is 0.372 e. The van der Waals surface area contributed by atoms with Crippen molar-refractivity contribution in [2.45, 2.75) is 26.1 Å². The summed E-state index contributed by atoms with van der Waals surface area (Å²) >= 11 is 12.1. The number of ether oxygens (including phenoxy) is 1. The van der Waals surface area contributed by atoms with Gasteiger partial charge in [0.2, 0.25) is 0 Å². The molecule has 0 saturated carbocycles. The molecule has 0 unspecified atom stereocenters. The third kappa shape index (κ3) is 2.79. The van der Waals surface area contributed by atoms with Crippen LogP contribution in [0.15, 0.2) is 18.2 Å². The van der Waals surface area contributed by atoms with Crippen LogP contribution in [0.5, 0.6) is 0 Å². The summed E-state index contributed by atoms with van der Waals surface area (Å²) < 4.78 is 5.60. The second-order valence-electron chi connectivity index (χ2n) is 4.56. The Hall–Kier alpha value is -0.770. The van der Waals surface area contributed by atoms with Crippen LogP contribution in [-0.2, 0) is 4.74 Å². The lowest BCUT2D eigenvalue weighted by atomic mass is 10.1. The number of rotatable bonds is 1. The Balaban J connectivity index is 2.26. The number of hydrogen-bond acceptors (Lipinski definition) is 2. The molecule has 18 heavy (non-hydrogen) atoms. The first kappa shape index (κ1) is 13.7. The molecule has 1 heterocycles. The van der Waals surface area contributed by atoms with E-state index < -0.39 is 0 Å². The van der Waals surface area contributed by atoms with E-state index in [9.17, 15) is 4.79 Å². The van der Waals surface area contributed by atoms with E-state index in [0.29, 0.717) is 28.7 Å². The minimum Gasteiger partial charge on any atom is -0.372 e. The maximum Gasteiger partial charge on any atom is 0.257 e. The van der Waals surface area contributed by atoms with Crippen LogP contribution in [0.3, 0.4) is 0 Å². The summed E-state index contributed by atoms with van der Waals surface area (Å²) in [5.74, 6) is -0.132. The van der Waals surface area contributed by atoms with Crippen LogP contribution >= 0.6 is 23.2 Å². The van der Waals surface area contributed by atoms with E-state index in [0.717, 1.165) is 0 Å². The fraction of sp³-hybridized carbons (Fsp3) is 0.462. The van der Waals surface area contributed by atoms with Crippen molar-refractivity contribution in [3.63, 3.8) is 0 Å². The summed E-state index contributed by atoms with van der Waals surface area (Å²) in [4.78, 5) is 14.2. The lowest BCUT2D eigenvalue weighted by molar-refractivity contribution is -0.0586. The second-order valence-corrected chi connectivity index (χ2v) is 5.38. The lowest BCUT2D eigenvalue weighted by Gasteiger charge is -2.35. The van der Waals surface area contributed by atoms with Gasteiger partial charge in [0, 0.05) is 13.1 Å². The lowest BCUT2D eigenvalue weighted by Crippen LogP contribution is -2.48. The Bertz CT molecular complexity index is 434. The zero-order chi connectivity index (χ0) is 13.3. The zero-order valence-electron chi connectivity index (χ0n) is 10.3. The van der Waals surface area contributed by atoms with Gasteiger partial charge in [0.1, 0.15) is 0 Å². The van der Waals surface area contributed by atoms with E-state index in [4.69, 9.17) is 27.9 Å². The van der Waals surface area contributed by atoms with Crippen LogP contribution < -0.4 is 0 Å². The highest BCUT2D eigenvalue weighted by Crippen LogP contribution is 2.26. The summed E-state index contributed by atoms with van der Waals surface area (Å²) in [6, 6.07) is 5.08. The quantitative estimate of drug-likeness (QED) is 0.794. The molecule has 1 amide bonds. The molecule has 0 N–H and O–H groups in total. The van der Waals surface area contributed by atoms with Crippen molar-refractivity contribution < 1.29 is 9.53 Å². The van der Waals surface area contributed by atoms with Gasteiger partial charge in [-0.15, -0.1) is 0 Å². The zero-order valence-corrected chi connectivity index (χ0v) is 11.8. The van der Waals surface area contributed by atoms with Crippen LogP contribution in [0, 0.1) is 0 Å². The molecule has 1 aliphatic heterocycles. The van der Waals surface area contributed by atoms with Gasteiger partial charge in [-0.05, 0) is 26.0 Å². The van der Waals surface area contributed by atoms with Gasteiger partial charge in [-0.25, -0.2) is 0 Å². The molecule has 5 heteroatoms. The molecule has 0 bridgehead atoms. The predicted octanol–water partition coefficient (Wildman–Crippen LogP) is 3.24. The average Bonchev–Trinajstić information content (AvgIpc) is 2.27. The SMILES string of the molecule is C[C@@H]1CN(C(=O)c2c(Cl)cccc2Cl)C[C@H](C)O1. The molecule has 0 spiro atoms. The number of carbonyl (C=O) groups is 1. The number of morpholine rings is 1. The molecule has 1 fully saturated rings. The molecule has 2 rings (SSSR count). The Morgan fingerprint density at radius 2 is 1.72 bits per heavy atom. The number of halogens is 2. The van der Waals surface area contributed by atoms with Crippen molar-refractivity contribution in [3.8, 4) is 0 Å². The summed E-state index contributed by atoms with van der Waals surface area (Å²) in [6.07, 6.45) is 0.0536. The van der Waals surface area contributed by atoms with E-state index in [1.807, 2.05) is 13.8 Å². The predicted molar refractivity (Wildman–Crippen MR) is 72.4 cm³/mol. The normalized spacial score (nSPS) is 24.1. The number of benzene rings is 1. The van der Waals surface area contributed by atoms with Gasteiger partial charge in [0.05, 0.1) is 27.8 Å². The number of carbonyl (C=O) groups excluding carboxylic acids is 1. The second kappa shape index (κ2) is 5.47. The van der Waals surface area contributed by atoms with Crippen molar-refractivity contribution in [2.75, 3.05) is 13.1 Å². The van der Waals surface area contributed by atoms with Gasteiger partial charge in [0.15, 0.2) is 0 Å². The molecule has 0 aliphatic carbocycles. The molecule has 0 radical (unpaired) electrons. The van der Waals surface area contributed by atoms with Crippen LogP contribution in [0.2, 0.25) is 10.0 Å². The van der Waals surface area contributed by atoms with Crippen molar-refractivity contribution >= 4 is 29.1 Å². The molecule has 98 valence electrons. The van der Waals surface area contributed by atoms with Gasteiger partial charge in [-0.2, -0.15) is 0 Å². The summed E-state index contributed by atoms with van der Waals surface area (Å²) in [5, 5.41) is 0.776. The van der Waals surface area contributed by atoms with Crippen LogP contribution in [0.4, 0.5) is 0 Å². The van der Waals surface area contributed by atoms with Crippen molar-refractivity contribution in [1.29, 1.82) is 0 Å². The van der Waals surface area contributed by atoms with E-state index in [1.165, 1.54) is 0 Å². The fourth-order valence-corrected chi connectivity index (χ4v) is 2.76. The summed E-state index contributed by atoms with van der Waals surface area (Å²) in [5.41, 5.74) is 0.377. The molecule has 1 aromatic rings. The van der Waals surface area contributed by atoms with E-state index in [-0.39, 0.29) is 18.1 Å². The first-order valence-electron chi connectivity index (χ1n) is 5.87. The number of hydrogen-bond donors (Lipinski definition) is 0. The molecule has 2 atom stereocenters. The summed E-state index contributed by atoms with van der Waals surface area (Å²) in [6.45, 7) is 5.02. The third-order valence-corrected chi connectivity index (χ3v) is 3.51. The van der Waals surface area contributed by atoms with Crippen LogP contribution in [0.1, 0.15) is 24.2 Å². The van der Waals surface area contributed by atoms with E-state index in [1.54, 1.807) is 23.1 Å². The Morgan fingerprint density at radius 3 is 2.22 bits per heavy atom. The van der Waals surface area contributed by atoms with E-state index in [2.05, 4.69) is 0 Å². The standard InChI is InChI=1S/C13H15Cl2NO2/c1-8-6-16(7-9(2)18-8)13(17)12-10(14)4-3-5-11(12)15/h3-5,8-9H,6-7H2,1-2H3/t8-,9+. The maximum absolute atomic E-state index is 12.4. The van der Waals surface area contributed by atoms with Crippen LogP contribution in [-0.4, -0.2) is 36.1 Å². The number of nitrogens with zero attached hydrogens (tertiary/aromatic N) is 1. The topological polar surface area (TPSA) is 29.5 Å². The first-order chi connectivity index (χ1) is 8.49. The first-order valence-corrected chi connectivity index (χ1v) is 6.63. The fourth-order valence-electron chi connectivity index (χ4n) is 2.20. The van der Waals surface area contributed by atoms with Gasteiger partial charge in [0.25, 0.3) is 5.91 Å². The smallest absolute Gasteiger partial charge is 0.257 e. The molecule has 3 nitrogen and oxygen atoms in total. The molecule has 1 aromatic carbocycles. The molecule has 1 aliphatic rings.